The number of carbonyl (C=O) groups excluding carboxylic acids is 2. The van der Waals surface area contributed by atoms with Crippen molar-refractivity contribution in [3.8, 4) is 17.2 Å². The van der Waals surface area contributed by atoms with Crippen molar-refractivity contribution in [2.75, 3.05) is 13.7 Å². The van der Waals surface area contributed by atoms with E-state index >= 15 is 0 Å². The maximum Gasteiger partial charge on any atom is 0.343 e. The number of methoxy groups -OCH3 is 1. The highest BCUT2D eigenvalue weighted by molar-refractivity contribution is 6.42. The van der Waals surface area contributed by atoms with Crippen LogP contribution in [0.1, 0.15) is 46.0 Å². The monoisotopic (exact) mass is 514 g/mol. The van der Waals surface area contributed by atoms with E-state index in [2.05, 4.69) is 17.5 Å². The lowest BCUT2D eigenvalue weighted by molar-refractivity contribution is 0.0729. The molecule has 0 unspecified atom stereocenters. The molecule has 9 heteroatoms. The van der Waals surface area contributed by atoms with Crippen LogP contribution in [0, 0.1) is 0 Å². The lowest BCUT2D eigenvalue weighted by Gasteiger charge is -2.10. The fraction of sp³-hybridized carbons (Fsp3) is 0.192. The average Bonchev–Trinajstić information content (AvgIpc) is 2.87. The molecule has 0 bridgehead atoms. The summed E-state index contributed by atoms with van der Waals surface area (Å²) >= 11 is 11.9. The van der Waals surface area contributed by atoms with Gasteiger partial charge in [0.1, 0.15) is 5.75 Å². The van der Waals surface area contributed by atoms with Crippen LogP contribution in [0.15, 0.2) is 65.8 Å². The second-order valence-corrected chi connectivity index (χ2v) is 8.17. The lowest BCUT2D eigenvalue weighted by Crippen LogP contribution is -2.17. The molecule has 0 saturated carbocycles. The number of unbranched alkanes of at least 4 members (excludes halogenated alkanes) is 1. The molecule has 7 nitrogen and oxygen atoms in total. The van der Waals surface area contributed by atoms with Gasteiger partial charge in [-0.3, -0.25) is 4.79 Å². The van der Waals surface area contributed by atoms with Crippen LogP contribution in [0.25, 0.3) is 0 Å². The molecule has 0 heterocycles. The van der Waals surface area contributed by atoms with Gasteiger partial charge in [-0.15, -0.1) is 0 Å². The predicted octanol–water partition coefficient (Wildman–Crippen LogP) is 6.16. The first kappa shape index (κ1) is 26.1. The third-order valence-electron chi connectivity index (χ3n) is 4.81. The Kier molecular flexibility index (Phi) is 9.52. The van der Waals surface area contributed by atoms with E-state index in [9.17, 15) is 9.59 Å². The normalized spacial score (nSPS) is 10.7. The zero-order valence-corrected chi connectivity index (χ0v) is 20.7. The number of rotatable bonds is 10. The number of halogens is 2. The van der Waals surface area contributed by atoms with E-state index in [0.717, 1.165) is 12.8 Å². The van der Waals surface area contributed by atoms with Crippen molar-refractivity contribution in [1.82, 2.24) is 5.43 Å². The molecule has 3 aromatic carbocycles. The second kappa shape index (κ2) is 12.8. The Bertz CT molecular complexity index is 1210. The summed E-state index contributed by atoms with van der Waals surface area (Å²) in [6.07, 6.45) is 3.48. The summed E-state index contributed by atoms with van der Waals surface area (Å²) in [5, 5.41) is 4.57. The van der Waals surface area contributed by atoms with Gasteiger partial charge in [-0.1, -0.05) is 36.5 Å². The number of hydrogen-bond donors (Lipinski definition) is 1. The van der Waals surface area contributed by atoms with Crippen molar-refractivity contribution in [3.63, 3.8) is 0 Å². The summed E-state index contributed by atoms with van der Waals surface area (Å²) in [7, 11) is 1.45. The van der Waals surface area contributed by atoms with Crippen molar-refractivity contribution >= 4 is 41.3 Å². The molecule has 0 aliphatic heterocycles. The quantitative estimate of drug-likeness (QED) is 0.115. The smallest absolute Gasteiger partial charge is 0.343 e. The first-order valence-corrected chi connectivity index (χ1v) is 11.6. The predicted molar refractivity (Wildman–Crippen MR) is 136 cm³/mol. The molecule has 35 heavy (non-hydrogen) atoms. The minimum absolute atomic E-state index is 0.214. The van der Waals surface area contributed by atoms with Gasteiger partial charge in [0.05, 0.1) is 35.5 Å². The summed E-state index contributed by atoms with van der Waals surface area (Å²) in [6.45, 7) is 2.74. The van der Waals surface area contributed by atoms with E-state index in [-0.39, 0.29) is 22.2 Å². The molecule has 0 aliphatic rings. The molecule has 3 aromatic rings. The number of hydrogen-bond acceptors (Lipinski definition) is 6. The molecule has 0 atom stereocenters. The number of carbonyl (C=O) groups is 2. The van der Waals surface area contributed by atoms with Crippen LogP contribution >= 0.6 is 23.2 Å². The van der Waals surface area contributed by atoms with Gasteiger partial charge in [-0.2, -0.15) is 5.10 Å². The Hall–Kier alpha value is -3.55. The Morgan fingerprint density at radius 2 is 1.69 bits per heavy atom. The number of nitrogens with one attached hydrogen (secondary N) is 1. The van der Waals surface area contributed by atoms with Crippen molar-refractivity contribution < 1.29 is 23.8 Å². The molecule has 0 radical (unpaired) electrons. The minimum atomic E-state index is -0.614. The van der Waals surface area contributed by atoms with Gasteiger partial charge >= 0.3 is 5.97 Å². The van der Waals surface area contributed by atoms with Gasteiger partial charge in [-0.25, -0.2) is 10.2 Å². The molecule has 1 amide bonds. The van der Waals surface area contributed by atoms with Gasteiger partial charge in [0.25, 0.3) is 5.91 Å². The highest BCUT2D eigenvalue weighted by Crippen LogP contribution is 2.29. The SMILES string of the molecule is CCCCOc1ccc(C(=O)N/N=C\c2ccc(OC(=O)c3ccc(Cl)c(Cl)c3)c(OC)c2)cc1. The molecule has 0 saturated heterocycles. The second-order valence-electron chi connectivity index (χ2n) is 7.35. The van der Waals surface area contributed by atoms with Crippen LogP contribution in [0.4, 0.5) is 0 Å². The molecule has 1 N–H and O–H groups in total. The van der Waals surface area contributed by atoms with Gasteiger partial charge in [-0.05, 0) is 72.6 Å². The number of ether oxygens (including phenoxy) is 3. The topological polar surface area (TPSA) is 86.2 Å². The standard InChI is InChI=1S/C26H24Cl2N2O5/c1-3-4-13-34-20-9-6-18(7-10-20)25(31)30-29-16-17-5-12-23(24(14-17)33-2)35-26(32)19-8-11-21(27)22(28)15-19/h5-12,14-16H,3-4,13H2,1-2H3,(H,30,31)/b29-16-. The number of hydrazone groups is 1. The van der Waals surface area contributed by atoms with Gasteiger partial charge in [0.15, 0.2) is 11.5 Å². The van der Waals surface area contributed by atoms with Crippen LogP contribution in [-0.2, 0) is 0 Å². The first-order chi connectivity index (χ1) is 16.9. The van der Waals surface area contributed by atoms with Crippen LogP contribution in [0.3, 0.4) is 0 Å². The van der Waals surface area contributed by atoms with Crippen LogP contribution in [0.2, 0.25) is 10.0 Å². The maximum absolute atomic E-state index is 12.4. The summed E-state index contributed by atoms with van der Waals surface area (Å²) < 4.78 is 16.3. The Labute approximate surface area is 213 Å². The Balaban J connectivity index is 1.60. The molecule has 0 aliphatic carbocycles. The molecule has 3 rings (SSSR count). The first-order valence-electron chi connectivity index (χ1n) is 10.8. The van der Waals surface area contributed by atoms with Crippen molar-refractivity contribution in [2.45, 2.75) is 19.8 Å². The molecule has 182 valence electrons. The molecular weight excluding hydrogens is 491 g/mol. The summed E-state index contributed by atoms with van der Waals surface area (Å²) in [5.74, 6) is 0.265. The lowest BCUT2D eigenvalue weighted by atomic mass is 10.2. The molecule has 0 spiro atoms. The van der Waals surface area contributed by atoms with Crippen LogP contribution < -0.4 is 19.6 Å². The Morgan fingerprint density at radius 3 is 2.37 bits per heavy atom. The third-order valence-corrected chi connectivity index (χ3v) is 5.55. The highest BCUT2D eigenvalue weighted by Gasteiger charge is 2.14. The summed E-state index contributed by atoms with van der Waals surface area (Å²) in [6, 6.07) is 16.1. The third kappa shape index (κ3) is 7.47. The van der Waals surface area contributed by atoms with Crippen LogP contribution in [-0.4, -0.2) is 31.8 Å². The molecule has 0 fully saturated rings. The number of esters is 1. The van der Waals surface area contributed by atoms with Crippen molar-refractivity contribution in [1.29, 1.82) is 0 Å². The van der Waals surface area contributed by atoms with Gasteiger partial charge < -0.3 is 14.2 Å². The fourth-order valence-corrected chi connectivity index (χ4v) is 3.20. The average molecular weight is 515 g/mol. The summed E-state index contributed by atoms with van der Waals surface area (Å²) in [4.78, 5) is 24.8. The van der Waals surface area contributed by atoms with E-state index in [1.165, 1.54) is 31.5 Å². The minimum Gasteiger partial charge on any atom is -0.494 e. The van der Waals surface area contributed by atoms with E-state index in [1.54, 1.807) is 42.5 Å². The summed E-state index contributed by atoms with van der Waals surface area (Å²) in [5.41, 5.74) is 3.79. The van der Waals surface area contributed by atoms with Crippen LogP contribution in [0.5, 0.6) is 17.2 Å². The van der Waals surface area contributed by atoms with E-state index in [1.807, 2.05) is 0 Å². The number of amides is 1. The zero-order chi connectivity index (χ0) is 25.2. The fourth-order valence-electron chi connectivity index (χ4n) is 2.90. The van der Waals surface area contributed by atoms with Gasteiger partial charge in [0, 0.05) is 5.56 Å². The Morgan fingerprint density at radius 1 is 0.943 bits per heavy atom. The highest BCUT2D eigenvalue weighted by atomic mass is 35.5. The molecular formula is C26H24Cl2N2O5. The van der Waals surface area contributed by atoms with Crippen molar-refractivity contribution in [2.24, 2.45) is 5.10 Å². The maximum atomic E-state index is 12.4. The van der Waals surface area contributed by atoms with E-state index in [0.29, 0.717) is 34.3 Å². The van der Waals surface area contributed by atoms with E-state index < -0.39 is 5.97 Å². The van der Waals surface area contributed by atoms with Crippen molar-refractivity contribution in [3.05, 3.63) is 87.4 Å². The zero-order valence-electron chi connectivity index (χ0n) is 19.2. The van der Waals surface area contributed by atoms with E-state index in [4.69, 9.17) is 37.4 Å². The number of nitrogens with zero attached hydrogens (tertiary/aromatic N) is 1. The number of benzene rings is 3. The largest absolute Gasteiger partial charge is 0.494 e. The van der Waals surface area contributed by atoms with Gasteiger partial charge in [0.2, 0.25) is 0 Å². The molecule has 0 aromatic heterocycles.